The smallest absolute Gasteiger partial charge is 0.231 e. The van der Waals surface area contributed by atoms with Crippen molar-refractivity contribution < 1.29 is 14.3 Å². The lowest BCUT2D eigenvalue weighted by atomic mass is 9.97. The normalized spacial score (nSPS) is 18.3. The molecule has 1 atom stereocenters. The summed E-state index contributed by atoms with van der Waals surface area (Å²) in [7, 11) is 2.00. The number of morpholine rings is 2. The second-order valence-corrected chi connectivity index (χ2v) is 8.14. The van der Waals surface area contributed by atoms with E-state index in [2.05, 4.69) is 22.2 Å². The highest BCUT2D eigenvalue weighted by Crippen LogP contribution is 2.25. The van der Waals surface area contributed by atoms with E-state index < -0.39 is 0 Å². The van der Waals surface area contributed by atoms with E-state index in [9.17, 15) is 4.79 Å². The highest BCUT2D eigenvalue weighted by atomic mass is 16.5. The van der Waals surface area contributed by atoms with Crippen LogP contribution in [0.4, 0.5) is 5.82 Å². The predicted octanol–water partition coefficient (Wildman–Crippen LogP) is 1.30. The van der Waals surface area contributed by atoms with E-state index in [0.29, 0.717) is 39.4 Å². The first-order chi connectivity index (χ1) is 15.1. The van der Waals surface area contributed by atoms with Crippen LogP contribution in [0.3, 0.4) is 0 Å². The first-order valence-electron chi connectivity index (χ1n) is 11.1. The molecule has 0 saturated carbocycles. The van der Waals surface area contributed by atoms with Gasteiger partial charge in [0.2, 0.25) is 5.91 Å². The molecule has 2 aromatic rings. The molecule has 0 spiro atoms. The fourth-order valence-corrected chi connectivity index (χ4v) is 4.45. The summed E-state index contributed by atoms with van der Waals surface area (Å²) in [5, 5.41) is 8.22. The number of carbonyl (C=O) groups excluding carboxylic acids is 1. The molecule has 3 heterocycles. The Balaban J connectivity index is 1.47. The third-order valence-corrected chi connectivity index (χ3v) is 6.10. The van der Waals surface area contributed by atoms with E-state index in [-0.39, 0.29) is 11.8 Å². The fraction of sp³-hybridized carbons (Fsp3) is 0.565. The van der Waals surface area contributed by atoms with Crippen LogP contribution in [-0.2, 0) is 27.9 Å². The first-order valence-corrected chi connectivity index (χ1v) is 11.1. The summed E-state index contributed by atoms with van der Waals surface area (Å²) in [6.07, 6.45) is 0. The Morgan fingerprint density at radius 1 is 1.06 bits per heavy atom. The highest BCUT2D eigenvalue weighted by molar-refractivity contribution is 5.84. The molecular weight excluding hydrogens is 394 g/mol. The maximum Gasteiger partial charge on any atom is 0.231 e. The van der Waals surface area contributed by atoms with E-state index in [0.717, 1.165) is 43.4 Å². The zero-order valence-corrected chi connectivity index (χ0v) is 18.5. The Bertz CT molecular complexity index is 858. The fourth-order valence-electron chi connectivity index (χ4n) is 4.45. The third kappa shape index (κ3) is 5.08. The van der Waals surface area contributed by atoms with E-state index in [1.165, 1.54) is 5.56 Å². The van der Waals surface area contributed by atoms with Gasteiger partial charge in [-0.3, -0.25) is 9.48 Å². The predicted molar refractivity (Wildman–Crippen MR) is 119 cm³/mol. The summed E-state index contributed by atoms with van der Waals surface area (Å²) in [6, 6.07) is 10.1. The van der Waals surface area contributed by atoms with Crippen molar-refractivity contribution in [2.45, 2.75) is 19.4 Å². The van der Waals surface area contributed by atoms with Crippen LogP contribution in [0.2, 0.25) is 0 Å². The minimum Gasteiger partial charge on any atom is -0.378 e. The molecule has 2 aliphatic rings. The maximum atomic E-state index is 13.3. The van der Waals surface area contributed by atoms with Crippen molar-refractivity contribution in [2.75, 3.05) is 64.1 Å². The summed E-state index contributed by atoms with van der Waals surface area (Å²) in [5.41, 5.74) is 3.25. The lowest BCUT2D eigenvalue weighted by Crippen LogP contribution is -2.45. The lowest BCUT2D eigenvalue weighted by Gasteiger charge is -2.31. The molecule has 1 unspecified atom stereocenters. The number of anilines is 1. The molecule has 0 bridgehead atoms. The van der Waals surface area contributed by atoms with Crippen LogP contribution in [-0.4, -0.2) is 79.7 Å². The monoisotopic (exact) mass is 427 g/mol. The van der Waals surface area contributed by atoms with Gasteiger partial charge in [-0.25, -0.2) is 0 Å². The van der Waals surface area contributed by atoms with E-state index in [1.54, 1.807) is 0 Å². The average molecular weight is 428 g/mol. The molecule has 2 aliphatic heterocycles. The van der Waals surface area contributed by atoms with Gasteiger partial charge in [-0.1, -0.05) is 30.3 Å². The number of hydrogen-bond donors (Lipinski definition) is 1. The van der Waals surface area contributed by atoms with Crippen molar-refractivity contribution in [3.63, 3.8) is 0 Å². The zero-order valence-electron chi connectivity index (χ0n) is 18.5. The summed E-state index contributed by atoms with van der Waals surface area (Å²) in [5.74, 6) is 1.09. The second-order valence-electron chi connectivity index (χ2n) is 8.14. The number of nitrogens with one attached hydrogen (secondary N) is 1. The molecule has 4 rings (SSSR count). The zero-order chi connectivity index (χ0) is 21.6. The standard InChI is InChI=1S/C23H33N5O3/c1-18-20(22(26(2)25-18)27-8-12-30-13-9-27)16-24-17-21(19-6-4-3-5-7-19)23(29)28-10-14-31-15-11-28/h3-7,21,24H,8-17H2,1-2H3. The first kappa shape index (κ1) is 21.8. The topological polar surface area (TPSA) is 71.9 Å². The van der Waals surface area contributed by atoms with Gasteiger partial charge in [0, 0.05) is 51.9 Å². The van der Waals surface area contributed by atoms with Crippen molar-refractivity contribution in [1.82, 2.24) is 20.0 Å². The molecule has 8 heteroatoms. The van der Waals surface area contributed by atoms with E-state index in [4.69, 9.17) is 9.47 Å². The molecular formula is C23H33N5O3. The van der Waals surface area contributed by atoms with Gasteiger partial charge in [-0.2, -0.15) is 5.10 Å². The number of benzene rings is 1. The molecule has 1 N–H and O–H groups in total. The number of ether oxygens (including phenoxy) is 2. The third-order valence-electron chi connectivity index (χ3n) is 6.10. The van der Waals surface area contributed by atoms with Crippen LogP contribution >= 0.6 is 0 Å². The molecule has 168 valence electrons. The van der Waals surface area contributed by atoms with Crippen LogP contribution < -0.4 is 10.2 Å². The maximum absolute atomic E-state index is 13.3. The highest BCUT2D eigenvalue weighted by Gasteiger charge is 2.27. The number of carbonyl (C=O) groups is 1. The molecule has 1 aromatic carbocycles. The number of nitrogens with zero attached hydrogens (tertiary/aromatic N) is 4. The van der Waals surface area contributed by atoms with Crippen LogP contribution in [0.25, 0.3) is 0 Å². The Morgan fingerprint density at radius 3 is 2.39 bits per heavy atom. The minimum absolute atomic E-state index is 0.165. The number of amides is 1. The molecule has 1 amide bonds. The molecule has 2 saturated heterocycles. The Morgan fingerprint density at radius 2 is 1.71 bits per heavy atom. The largest absolute Gasteiger partial charge is 0.378 e. The Labute approximate surface area is 184 Å². The summed E-state index contributed by atoms with van der Waals surface area (Å²) >= 11 is 0. The molecule has 0 radical (unpaired) electrons. The molecule has 2 fully saturated rings. The Hall–Kier alpha value is -2.42. The van der Waals surface area contributed by atoms with E-state index >= 15 is 0 Å². The van der Waals surface area contributed by atoms with Crippen molar-refractivity contribution in [3.8, 4) is 0 Å². The van der Waals surface area contributed by atoms with Gasteiger partial charge in [0.05, 0.1) is 38.0 Å². The molecule has 8 nitrogen and oxygen atoms in total. The van der Waals surface area contributed by atoms with E-state index in [1.807, 2.05) is 47.0 Å². The SMILES string of the molecule is Cc1nn(C)c(N2CCOCC2)c1CNCC(C(=O)N1CCOCC1)c1ccccc1. The summed E-state index contributed by atoms with van der Waals surface area (Å²) in [6.45, 7) is 9.05. The molecule has 31 heavy (non-hydrogen) atoms. The van der Waals surface area contributed by atoms with Crippen LogP contribution in [0.15, 0.2) is 30.3 Å². The van der Waals surface area contributed by atoms with Crippen molar-refractivity contribution >= 4 is 11.7 Å². The number of aryl methyl sites for hydroxylation is 2. The van der Waals surface area contributed by atoms with Crippen molar-refractivity contribution in [2.24, 2.45) is 7.05 Å². The van der Waals surface area contributed by atoms with Crippen LogP contribution in [0.5, 0.6) is 0 Å². The van der Waals surface area contributed by atoms with Gasteiger partial charge in [-0.15, -0.1) is 0 Å². The van der Waals surface area contributed by atoms with Gasteiger partial charge in [-0.05, 0) is 12.5 Å². The van der Waals surface area contributed by atoms with Crippen molar-refractivity contribution in [1.29, 1.82) is 0 Å². The van der Waals surface area contributed by atoms with Gasteiger partial charge in [0.1, 0.15) is 5.82 Å². The Kier molecular flexibility index (Phi) is 7.21. The van der Waals surface area contributed by atoms with Crippen LogP contribution in [0.1, 0.15) is 22.7 Å². The minimum atomic E-state index is -0.219. The number of rotatable bonds is 7. The summed E-state index contributed by atoms with van der Waals surface area (Å²) < 4.78 is 12.9. The average Bonchev–Trinajstić information content (AvgIpc) is 3.10. The van der Waals surface area contributed by atoms with Gasteiger partial charge in [0.15, 0.2) is 0 Å². The van der Waals surface area contributed by atoms with Crippen molar-refractivity contribution in [3.05, 3.63) is 47.2 Å². The van der Waals surface area contributed by atoms with Crippen LogP contribution in [0, 0.1) is 6.92 Å². The lowest BCUT2D eigenvalue weighted by molar-refractivity contribution is -0.136. The number of aromatic nitrogens is 2. The quantitative estimate of drug-likeness (QED) is 0.718. The number of hydrogen-bond acceptors (Lipinski definition) is 6. The van der Waals surface area contributed by atoms with Gasteiger partial charge >= 0.3 is 0 Å². The molecule has 0 aliphatic carbocycles. The second kappa shape index (κ2) is 10.3. The summed E-state index contributed by atoms with van der Waals surface area (Å²) in [4.78, 5) is 17.6. The molecule has 1 aromatic heterocycles. The van der Waals surface area contributed by atoms with Gasteiger partial charge in [0.25, 0.3) is 0 Å². The van der Waals surface area contributed by atoms with Gasteiger partial charge < -0.3 is 24.6 Å².